The molecule has 1 heterocycles. The number of rotatable bonds is 2. The van der Waals surface area contributed by atoms with E-state index in [4.69, 9.17) is 0 Å². The van der Waals surface area contributed by atoms with Crippen LogP contribution in [0.3, 0.4) is 0 Å². The number of phenols is 1. The Labute approximate surface area is 142 Å². The van der Waals surface area contributed by atoms with E-state index in [-0.39, 0.29) is 0 Å². The summed E-state index contributed by atoms with van der Waals surface area (Å²) in [5.74, 6) is 0.295. The Balaban J connectivity index is 2.11. The Morgan fingerprint density at radius 3 is 2.50 bits per heavy atom. The Morgan fingerprint density at radius 1 is 1.04 bits per heavy atom. The molecule has 0 radical (unpaired) electrons. The average Bonchev–Trinajstić information content (AvgIpc) is 2.89. The molecular formula is C22H21NO. The normalized spacial score (nSPS) is 12.6. The van der Waals surface area contributed by atoms with Gasteiger partial charge in [-0.15, -0.1) is 0 Å². The van der Waals surface area contributed by atoms with Gasteiger partial charge in [-0.2, -0.15) is 0 Å². The molecule has 0 fully saturated rings. The molecule has 2 nitrogen and oxygen atoms in total. The van der Waals surface area contributed by atoms with Crippen molar-refractivity contribution >= 4 is 5.57 Å². The van der Waals surface area contributed by atoms with E-state index in [0.29, 0.717) is 5.75 Å². The number of para-hydroxylation sites is 2. The van der Waals surface area contributed by atoms with Gasteiger partial charge in [0, 0.05) is 11.3 Å². The smallest absolute Gasteiger partial charge is 0.139 e. The number of aromatic nitrogens is 1. The number of phenolic OH excluding ortho intramolecular Hbond substituents is 1. The summed E-state index contributed by atoms with van der Waals surface area (Å²) in [5.41, 5.74) is 9.48. The van der Waals surface area contributed by atoms with Crippen LogP contribution in [0.15, 0.2) is 55.1 Å². The van der Waals surface area contributed by atoms with E-state index in [1.807, 2.05) is 25.1 Å². The number of aryl methyl sites for hydroxylation is 1. The van der Waals surface area contributed by atoms with Gasteiger partial charge in [0.1, 0.15) is 5.75 Å². The fourth-order valence-electron chi connectivity index (χ4n) is 3.93. The molecule has 4 rings (SSSR count). The quantitative estimate of drug-likeness (QED) is 0.683. The van der Waals surface area contributed by atoms with E-state index in [9.17, 15) is 5.11 Å². The topological polar surface area (TPSA) is 25.2 Å². The minimum atomic E-state index is 0.295. The molecule has 0 bridgehead atoms. The minimum absolute atomic E-state index is 0.295. The summed E-state index contributed by atoms with van der Waals surface area (Å²) in [7, 11) is 0. The first-order valence-corrected chi connectivity index (χ1v) is 8.36. The zero-order valence-corrected chi connectivity index (χ0v) is 14.1. The number of hydrogen-bond donors (Lipinski definition) is 1. The van der Waals surface area contributed by atoms with Crippen molar-refractivity contribution in [3.63, 3.8) is 0 Å². The third-order valence-electron chi connectivity index (χ3n) is 4.99. The lowest BCUT2D eigenvalue weighted by atomic mass is 9.85. The fraction of sp³-hybridized carbons (Fsp3) is 0.182. The van der Waals surface area contributed by atoms with Gasteiger partial charge in [-0.3, -0.25) is 0 Å². The molecule has 120 valence electrons. The minimum Gasteiger partial charge on any atom is -0.506 e. The van der Waals surface area contributed by atoms with Crippen LogP contribution in [-0.4, -0.2) is 9.67 Å². The summed E-state index contributed by atoms with van der Waals surface area (Å²) < 4.78 is 2.17. The molecule has 1 aliphatic carbocycles. The van der Waals surface area contributed by atoms with Crippen molar-refractivity contribution in [3.05, 3.63) is 77.6 Å². The number of fused-ring (bicyclic) bond motifs is 3. The van der Waals surface area contributed by atoms with Gasteiger partial charge >= 0.3 is 0 Å². The van der Waals surface area contributed by atoms with Crippen LogP contribution >= 0.6 is 0 Å². The standard InChI is InChI=1S/C22H21NO/c1-14(2)22-21-17(13-12-16-8-4-5-9-18(16)21)15(3)23(22)19-10-6-7-11-20(19)24/h4-11,24H,1,12-13H2,2-3H3. The molecule has 0 saturated carbocycles. The van der Waals surface area contributed by atoms with E-state index in [0.717, 1.165) is 29.8 Å². The van der Waals surface area contributed by atoms with Crippen molar-refractivity contribution in [1.82, 2.24) is 4.57 Å². The number of benzene rings is 2. The van der Waals surface area contributed by atoms with Gasteiger partial charge < -0.3 is 9.67 Å². The molecule has 0 unspecified atom stereocenters. The van der Waals surface area contributed by atoms with Crippen LogP contribution in [0.1, 0.15) is 29.4 Å². The van der Waals surface area contributed by atoms with Gasteiger partial charge in [0.2, 0.25) is 0 Å². The first-order valence-electron chi connectivity index (χ1n) is 8.36. The van der Waals surface area contributed by atoms with Gasteiger partial charge in [-0.1, -0.05) is 43.0 Å². The number of aromatic hydroxyl groups is 1. The zero-order chi connectivity index (χ0) is 16.8. The predicted octanol–water partition coefficient (Wildman–Crippen LogP) is 5.29. The third-order valence-corrected chi connectivity index (χ3v) is 4.99. The van der Waals surface area contributed by atoms with E-state index < -0.39 is 0 Å². The van der Waals surface area contributed by atoms with E-state index in [2.05, 4.69) is 42.3 Å². The maximum Gasteiger partial charge on any atom is 0.139 e. The van der Waals surface area contributed by atoms with Crippen LogP contribution in [0.2, 0.25) is 0 Å². The molecule has 3 aromatic rings. The fourth-order valence-corrected chi connectivity index (χ4v) is 3.93. The first kappa shape index (κ1) is 14.8. The molecule has 0 saturated heterocycles. The van der Waals surface area contributed by atoms with Crippen LogP contribution in [-0.2, 0) is 12.8 Å². The van der Waals surface area contributed by atoms with Gasteiger partial charge in [-0.05, 0) is 61.1 Å². The molecule has 0 spiro atoms. The summed E-state index contributed by atoms with van der Waals surface area (Å²) in [5, 5.41) is 10.4. The molecule has 2 aromatic carbocycles. The Morgan fingerprint density at radius 2 is 1.75 bits per heavy atom. The van der Waals surface area contributed by atoms with Crippen molar-refractivity contribution in [2.24, 2.45) is 0 Å². The van der Waals surface area contributed by atoms with Crippen LogP contribution in [0.25, 0.3) is 22.4 Å². The van der Waals surface area contributed by atoms with Crippen molar-refractivity contribution in [3.8, 4) is 22.6 Å². The maximum absolute atomic E-state index is 10.4. The highest BCUT2D eigenvalue weighted by Crippen LogP contribution is 2.43. The zero-order valence-electron chi connectivity index (χ0n) is 14.1. The molecule has 1 N–H and O–H groups in total. The summed E-state index contributed by atoms with van der Waals surface area (Å²) in [6, 6.07) is 16.1. The summed E-state index contributed by atoms with van der Waals surface area (Å²) >= 11 is 0. The molecule has 0 amide bonds. The summed E-state index contributed by atoms with van der Waals surface area (Å²) in [6.45, 7) is 8.42. The number of allylic oxidation sites excluding steroid dienone is 1. The second-order valence-electron chi connectivity index (χ2n) is 6.55. The Bertz CT molecular complexity index is 962. The largest absolute Gasteiger partial charge is 0.506 e. The molecule has 1 aromatic heterocycles. The lowest BCUT2D eigenvalue weighted by Gasteiger charge is -2.18. The van der Waals surface area contributed by atoms with Gasteiger partial charge in [0.25, 0.3) is 0 Å². The monoisotopic (exact) mass is 315 g/mol. The van der Waals surface area contributed by atoms with E-state index in [1.54, 1.807) is 6.07 Å². The molecule has 24 heavy (non-hydrogen) atoms. The SMILES string of the molecule is C=C(C)c1c2c(c(C)n1-c1ccccc1O)CCc1ccccc1-2. The molecule has 0 atom stereocenters. The average molecular weight is 315 g/mol. The van der Waals surface area contributed by atoms with Crippen LogP contribution < -0.4 is 0 Å². The molecule has 0 aliphatic heterocycles. The highest BCUT2D eigenvalue weighted by molar-refractivity contribution is 5.86. The highest BCUT2D eigenvalue weighted by atomic mass is 16.3. The number of hydrogen-bond acceptors (Lipinski definition) is 1. The lowest BCUT2D eigenvalue weighted by Crippen LogP contribution is -2.03. The van der Waals surface area contributed by atoms with Crippen LogP contribution in [0.4, 0.5) is 0 Å². The van der Waals surface area contributed by atoms with Crippen molar-refractivity contribution < 1.29 is 5.11 Å². The second kappa shape index (κ2) is 5.41. The van der Waals surface area contributed by atoms with Crippen molar-refractivity contribution in [1.29, 1.82) is 0 Å². The highest BCUT2D eigenvalue weighted by Gasteiger charge is 2.27. The van der Waals surface area contributed by atoms with Crippen molar-refractivity contribution in [2.75, 3.05) is 0 Å². The summed E-state index contributed by atoms with van der Waals surface area (Å²) in [6.07, 6.45) is 2.09. The van der Waals surface area contributed by atoms with Gasteiger partial charge in [-0.25, -0.2) is 0 Å². The predicted molar refractivity (Wildman–Crippen MR) is 99.7 cm³/mol. The van der Waals surface area contributed by atoms with Crippen molar-refractivity contribution in [2.45, 2.75) is 26.7 Å². The van der Waals surface area contributed by atoms with Gasteiger partial charge in [0.05, 0.1) is 11.4 Å². The van der Waals surface area contributed by atoms with Crippen LogP contribution in [0.5, 0.6) is 5.75 Å². The van der Waals surface area contributed by atoms with Gasteiger partial charge in [0.15, 0.2) is 0 Å². The first-order chi connectivity index (χ1) is 11.6. The lowest BCUT2D eigenvalue weighted by molar-refractivity contribution is 0.472. The number of nitrogens with zero attached hydrogens (tertiary/aromatic N) is 1. The maximum atomic E-state index is 10.4. The van der Waals surface area contributed by atoms with E-state index >= 15 is 0 Å². The molecule has 2 heteroatoms. The Hall–Kier alpha value is -2.74. The van der Waals surface area contributed by atoms with E-state index in [1.165, 1.54) is 27.9 Å². The third kappa shape index (κ3) is 2.03. The summed E-state index contributed by atoms with van der Waals surface area (Å²) in [4.78, 5) is 0. The van der Waals surface area contributed by atoms with Crippen LogP contribution in [0, 0.1) is 6.92 Å². The molecular weight excluding hydrogens is 294 g/mol. The Kier molecular flexibility index (Phi) is 3.34. The second-order valence-corrected chi connectivity index (χ2v) is 6.55. The molecule has 1 aliphatic rings.